The summed E-state index contributed by atoms with van der Waals surface area (Å²) in [6.07, 6.45) is 0. The van der Waals surface area contributed by atoms with Crippen LogP contribution in [-0.2, 0) is 0 Å². The highest BCUT2D eigenvalue weighted by Crippen LogP contribution is 2.24. The average Bonchev–Trinajstić information content (AvgIpc) is 2.30. The summed E-state index contributed by atoms with van der Waals surface area (Å²) in [5, 5.41) is 8.99. The lowest BCUT2D eigenvalue weighted by molar-refractivity contribution is 0.275. The molecule has 0 aromatic heterocycles. The van der Waals surface area contributed by atoms with E-state index in [1.165, 1.54) is 0 Å². The molecule has 1 aliphatic heterocycles. The highest BCUT2D eigenvalue weighted by atomic mass is 15.3. The van der Waals surface area contributed by atoms with E-state index in [9.17, 15) is 0 Å². The molecule has 4 heteroatoms. The molecule has 0 saturated carbocycles. The third-order valence-corrected chi connectivity index (χ3v) is 3.32. The van der Waals surface area contributed by atoms with Crippen molar-refractivity contribution in [2.24, 2.45) is 0 Å². The summed E-state index contributed by atoms with van der Waals surface area (Å²) in [5.74, 6) is 0. The smallest absolute Gasteiger partial charge is 0.101 e. The predicted octanol–water partition coefficient (Wildman–Crippen LogP) is 1.28. The number of nitrogens with two attached hydrogens (primary N) is 1. The van der Waals surface area contributed by atoms with Crippen LogP contribution in [0.3, 0.4) is 0 Å². The lowest BCUT2D eigenvalue weighted by Crippen LogP contribution is -2.50. The first kappa shape index (κ1) is 11.7. The van der Waals surface area contributed by atoms with Crippen LogP contribution in [0.4, 0.5) is 11.4 Å². The second-order valence-corrected chi connectivity index (χ2v) is 4.69. The van der Waals surface area contributed by atoms with Crippen molar-refractivity contribution in [3.63, 3.8) is 0 Å². The van der Waals surface area contributed by atoms with Crippen LogP contribution >= 0.6 is 0 Å². The van der Waals surface area contributed by atoms with Crippen LogP contribution in [0.25, 0.3) is 0 Å². The molecular weight excluding hydrogens is 212 g/mol. The molecule has 17 heavy (non-hydrogen) atoms. The molecule has 0 amide bonds. The predicted molar refractivity (Wildman–Crippen MR) is 69.9 cm³/mol. The normalized spacial score (nSPS) is 21.2. The Morgan fingerprint density at radius 3 is 2.82 bits per heavy atom. The monoisotopic (exact) mass is 230 g/mol. The number of benzene rings is 1. The van der Waals surface area contributed by atoms with Crippen molar-refractivity contribution in [1.29, 1.82) is 5.26 Å². The van der Waals surface area contributed by atoms with E-state index in [1.807, 2.05) is 18.2 Å². The third kappa shape index (κ3) is 2.34. The molecule has 2 N–H and O–H groups in total. The lowest BCUT2D eigenvalue weighted by atomic mass is 10.1. The highest BCUT2D eigenvalue weighted by Gasteiger charge is 2.21. The number of nitrogen functional groups attached to an aromatic ring is 1. The summed E-state index contributed by atoms with van der Waals surface area (Å²) >= 11 is 0. The maximum Gasteiger partial charge on any atom is 0.101 e. The molecule has 0 spiro atoms. The van der Waals surface area contributed by atoms with Crippen LogP contribution in [0.15, 0.2) is 18.2 Å². The van der Waals surface area contributed by atoms with Crippen molar-refractivity contribution in [1.82, 2.24) is 4.90 Å². The third-order valence-electron chi connectivity index (χ3n) is 3.32. The summed E-state index contributed by atoms with van der Waals surface area (Å²) in [7, 11) is 2.14. The topological polar surface area (TPSA) is 56.3 Å². The van der Waals surface area contributed by atoms with Gasteiger partial charge in [0.05, 0.1) is 5.56 Å². The van der Waals surface area contributed by atoms with E-state index < -0.39 is 0 Å². The van der Waals surface area contributed by atoms with Gasteiger partial charge in [0.15, 0.2) is 0 Å². The van der Waals surface area contributed by atoms with E-state index in [1.54, 1.807) is 0 Å². The number of likely N-dealkylation sites (N-methyl/N-ethyl adjacent to an activating group) is 1. The molecule has 0 radical (unpaired) electrons. The molecular formula is C13H18N4. The number of rotatable bonds is 1. The molecule has 1 fully saturated rings. The minimum atomic E-state index is 0.462. The summed E-state index contributed by atoms with van der Waals surface area (Å²) in [6, 6.07) is 8.30. The number of hydrogen-bond acceptors (Lipinski definition) is 4. The molecule has 1 aromatic carbocycles. The van der Waals surface area contributed by atoms with Gasteiger partial charge in [-0.25, -0.2) is 0 Å². The van der Waals surface area contributed by atoms with Gasteiger partial charge in [-0.3, -0.25) is 0 Å². The number of hydrogen-bond donors (Lipinski definition) is 1. The Balaban J connectivity index is 2.26. The Morgan fingerprint density at radius 1 is 1.41 bits per heavy atom. The second kappa shape index (κ2) is 4.64. The van der Waals surface area contributed by atoms with Gasteiger partial charge in [-0.1, -0.05) is 0 Å². The van der Waals surface area contributed by atoms with E-state index in [0.717, 1.165) is 25.3 Å². The molecule has 1 aliphatic rings. The fraction of sp³-hybridized carbons (Fsp3) is 0.462. The van der Waals surface area contributed by atoms with E-state index >= 15 is 0 Å². The zero-order valence-electron chi connectivity index (χ0n) is 10.3. The first-order chi connectivity index (χ1) is 8.11. The van der Waals surface area contributed by atoms with Crippen molar-refractivity contribution < 1.29 is 0 Å². The Bertz CT molecular complexity index is 449. The summed E-state index contributed by atoms with van der Waals surface area (Å²) < 4.78 is 0. The van der Waals surface area contributed by atoms with Crippen LogP contribution in [0.1, 0.15) is 12.5 Å². The molecule has 1 saturated heterocycles. The standard InChI is InChI=1S/C13H18N4/c1-10-9-16(2)5-6-17(10)12-3-4-13(15)11(7-12)8-14/h3-4,7,10H,5-6,9,15H2,1-2H3. The minimum absolute atomic E-state index is 0.462. The van der Waals surface area contributed by atoms with Crippen molar-refractivity contribution in [3.8, 4) is 6.07 Å². The summed E-state index contributed by atoms with van der Waals surface area (Å²) in [5.41, 5.74) is 7.95. The number of nitriles is 1. The first-order valence-electron chi connectivity index (χ1n) is 5.86. The van der Waals surface area contributed by atoms with Crippen molar-refractivity contribution in [2.75, 3.05) is 37.3 Å². The largest absolute Gasteiger partial charge is 0.398 e. The van der Waals surface area contributed by atoms with Crippen molar-refractivity contribution >= 4 is 11.4 Å². The van der Waals surface area contributed by atoms with Gasteiger partial charge in [0, 0.05) is 37.1 Å². The van der Waals surface area contributed by atoms with Crippen LogP contribution in [0.5, 0.6) is 0 Å². The molecule has 90 valence electrons. The summed E-state index contributed by atoms with van der Waals surface area (Å²) in [6.45, 7) is 5.30. The van der Waals surface area contributed by atoms with Crippen LogP contribution in [0.2, 0.25) is 0 Å². The number of nitrogens with zero attached hydrogens (tertiary/aromatic N) is 3. The van der Waals surface area contributed by atoms with Gasteiger partial charge in [-0.05, 0) is 32.2 Å². The van der Waals surface area contributed by atoms with Crippen molar-refractivity contribution in [3.05, 3.63) is 23.8 Å². The lowest BCUT2D eigenvalue weighted by Gasteiger charge is -2.39. The van der Waals surface area contributed by atoms with Gasteiger partial charge in [0.25, 0.3) is 0 Å². The van der Waals surface area contributed by atoms with Gasteiger partial charge in [0.2, 0.25) is 0 Å². The molecule has 1 heterocycles. The Labute approximate surface area is 102 Å². The Kier molecular flexibility index (Phi) is 3.21. The second-order valence-electron chi connectivity index (χ2n) is 4.69. The molecule has 1 atom stereocenters. The van der Waals surface area contributed by atoms with Crippen LogP contribution in [0, 0.1) is 11.3 Å². The number of piperazine rings is 1. The van der Waals surface area contributed by atoms with E-state index in [-0.39, 0.29) is 0 Å². The van der Waals surface area contributed by atoms with Crippen LogP contribution in [-0.4, -0.2) is 37.6 Å². The fourth-order valence-electron chi connectivity index (χ4n) is 2.34. The van der Waals surface area contributed by atoms with Gasteiger partial charge in [-0.15, -0.1) is 0 Å². The molecule has 1 unspecified atom stereocenters. The Morgan fingerprint density at radius 2 is 2.18 bits per heavy atom. The highest BCUT2D eigenvalue weighted by molar-refractivity contribution is 5.63. The van der Waals surface area contributed by atoms with E-state index in [0.29, 0.717) is 17.3 Å². The van der Waals surface area contributed by atoms with Crippen LogP contribution < -0.4 is 10.6 Å². The molecule has 0 bridgehead atoms. The maximum atomic E-state index is 8.99. The first-order valence-corrected chi connectivity index (χ1v) is 5.86. The maximum absolute atomic E-state index is 8.99. The SMILES string of the molecule is CC1CN(C)CCN1c1ccc(N)c(C#N)c1. The van der Waals surface area contributed by atoms with Gasteiger partial charge in [0.1, 0.15) is 6.07 Å². The molecule has 4 nitrogen and oxygen atoms in total. The average molecular weight is 230 g/mol. The quantitative estimate of drug-likeness (QED) is 0.738. The van der Waals surface area contributed by atoms with Gasteiger partial charge < -0.3 is 15.5 Å². The summed E-state index contributed by atoms with van der Waals surface area (Å²) in [4.78, 5) is 4.66. The molecule has 1 aromatic rings. The van der Waals surface area contributed by atoms with E-state index in [2.05, 4.69) is 29.8 Å². The molecule has 0 aliphatic carbocycles. The zero-order chi connectivity index (χ0) is 12.4. The van der Waals surface area contributed by atoms with Gasteiger partial charge in [-0.2, -0.15) is 5.26 Å². The number of anilines is 2. The van der Waals surface area contributed by atoms with Crippen molar-refractivity contribution in [2.45, 2.75) is 13.0 Å². The Hall–Kier alpha value is -1.73. The van der Waals surface area contributed by atoms with Gasteiger partial charge >= 0.3 is 0 Å². The minimum Gasteiger partial charge on any atom is -0.398 e. The zero-order valence-corrected chi connectivity index (χ0v) is 10.3. The fourth-order valence-corrected chi connectivity index (χ4v) is 2.34. The molecule has 2 rings (SSSR count). The van der Waals surface area contributed by atoms with E-state index in [4.69, 9.17) is 11.0 Å².